The SMILES string of the molecule is CCC(F)(F)CCN(C)CCc1ccc([N+](=O)[O-])cc1. The Bertz CT molecular complexity index is 435. The number of hydrogen-bond donors (Lipinski definition) is 0. The largest absolute Gasteiger partial charge is 0.306 e. The molecular formula is C14H20F2N2O2. The van der Waals surface area contributed by atoms with Crippen molar-refractivity contribution in [3.8, 4) is 0 Å². The lowest BCUT2D eigenvalue weighted by Crippen LogP contribution is -2.28. The van der Waals surface area contributed by atoms with Gasteiger partial charge >= 0.3 is 0 Å². The summed E-state index contributed by atoms with van der Waals surface area (Å²) in [6, 6.07) is 6.32. The van der Waals surface area contributed by atoms with Crippen molar-refractivity contribution in [3.05, 3.63) is 39.9 Å². The van der Waals surface area contributed by atoms with Crippen LogP contribution >= 0.6 is 0 Å². The summed E-state index contributed by atoms with van der Waals surface area (Å²) >= 11 is 0. The topological polar surface area (TPSA) is 46.4 Å². The molecule has 20 heavy (non-hydrogen) atoms. The van der Waals surface area contributed by atoms with Crippen molar-refractivity contribution in [1.82, 2.24) is 4.90 Å². The van der Waals surface area contributed by atoms with E-state index in [1.54, 1.807) is 19.2 Å². The molecule has 0 aromatic heterocycles. The third kappa shape index (κ3) is 5.61. The predicted octanol–water partition coefficient (Wildman–Crippen LogP) is 3.50. The van der Waals surface area contributed by atoms with E-state index in [1.165, 1.54) is 19.1 Å². The van der Waals surface area contributed by atoms with Crippen LogP contribution < -0.4 is 0 Å². The van der Waals surface area contributed by atoms with Crippen molar-refractivity contribution in [2.45, 2.75) is 32.1 Å². The van der Waals surface area contributed by atoms with Crippen LogP contribution in [0, 0.1) is 10.1 Å². The molecular weight excluding hydrogens is 266 g/mol. The van der Waals surface area contributed by atoms with Crippen molar-refractivity contribution in [3.63, 3.8) is 0 Å². The second kappa shape index (κ2) is 7.28. The molecule has 0 saturated carbocycles. The smallest absolute Gasteiger partial charge is 0.269 e. The normalized spacial score (nSPS) is 11.8. The van der Waals surface area contributed by atoms with Crippen molar-refractivity contribution in [2.24, 2.45) is 0 Å². The number of nitro groups is 1. The van der Waals surface area contributed by atoms with Gasteiger partial charge in [-0.05, 0) is 19.0 Å². The number of alkyl halides is 2. The molecule has 0 bridgehead atoms. The quantitative estimate of drug-likeness (QED) is 0.542. The van der Waals surface area contributed by atoms with Crippen molar-refractivity contribution in [1.29, 1.82) is 0 Å². The van der Waals surface area contributed by atoms with Crippen LogP contribution in [-0.4, -0.2) is 35.9 Å². The van der Waals surface area contributed by atoms with E-state index in [0.29, 0.717) is 19.5 Å². The molecule has 1 aromatic carbocycles. The molecule has 0 fully saturated rings. The Hall–Kier alpha value is -1.56. The van der Waals surface area contributed by atoms with Gasteiger partial charge in [0.1, 0.15) is 0 Å². The molecule has 0 saturated heterocycles. The Morgan fingerprint density at radius 1 is 1.25 bits per heavy atom. The fourth-order valence-electron chi connectivity index (χ4n) is 1.75. The molecule has 0 unspecified atom stereocenters. The highest BCUT2D eigenvalue weighted by Crippen LogP contribution is 2.22. The number of nitrogens with zero attached hydrogens (tertiary/aromatic N) is 2. The van der Waals surface area contributed by atoms with Crippen LogP contribution in [-0.2, 0) is 6.42 Å². The van der Waals surface area contributed by atoms with Crippen LogP contribution in [0.2, 0.25) is 0 Å². The van der Waals surface area contributed by atoms with E-state index in [0.717, 1.165) is 5.56 Å². The van der Waals surface area contributed by atoms with E-state index < -0.39 is 10.8 Å². The summed E-state index contributed by atoms with van der Waals surface area (Å²) in [6.45, 7) is 2.47. The number of hydrogen-bond acceptors (Lipinski definition) is 3. The highest BCUT2D eigenvalue weighted by molar-refractivity contribution is 5.32. The van der Waals surface area contributed by atoms with E-state index in [1.807, 2.05) is 4.90 Å². The van der Waals surface area contributed by atoms with Gasteiger partial charge in [0.05, 0.1) is 4.92 Å². The van der Waals surface area contributed by atoms with Crippen molar-refractivity contribution < 1.29 is 13.7 Å². The van der Waals surface area contributed by atoms with E-state index in [9.17, 15) is 18.9 Å². The summed E-state index contributed by atoms with van der Waals surface area (Å²) in [5.41, 5.74) is 1.02. The van der Waals surface area contributed by atoms with Gasteiger partial charge in [-0.3, -0.25) is 10.1 Å². The molecule has 1 aromatic rings. The first-order chi connectivity index (χ1) is 9.34. The van der Waals surface area contributed by atoms with Gasteiger partial charge in [-0.15, -0.1) is 0 Å². The summed E-state index contributed by atoms with van der Waals surface area (Å²) in [5, 5.41) is 10.5. The summed E-state index contributed by atoms with van der Waals surface area (Å²) in [6.07, 6.45) is 0.412. The lowest BCUT2D eigenvalue weighted by Gasteiger charge is -2.20. The van der Waals surface area contributed by atoms with Gasteiger partial charge in [-0.25, -0.2) is 8.78 Å². The van der Waals surface area contributed by atoms with Crippen LogP contribution in [0.4, 0.5) is 14.5 Å². The third-order valence-electron chi connectivity index (χ3n) is 3.31. The molecule has 0 aliphatic heterocycles. The standard InChI is InChI=1S/C14H20F2N2O2/c1-3-14(15,16)9-11-17(2)10-8-12-4-6-13(7-5-12)18(19)20/h4-7H,3,8-11H2,1-2H3. The minimum absolute atomic E-state index is 0.0599. The molecule has 6 heteroatoms. The van der Waals surface area contributed by atoms with E-state index >= 15 is 0 Å². The van der Waals surface area contributed by atoms with Gasteiger partial charge in [0.15, 0.2) is 0 Å². The van der Waals surface area contributed by atoms with Crippen molar-refractivity contribution >= 4 is 5.69 Å². The van der Waals surface area contributed by atoms with Gasteiger partial charge in [0.25, 0.3) is 5.69 Å². The van der Waals surface area contributed by atoms with Crippen LogP contribution in [0.1, 0.15) is 25.3 Å². The number of nitro benzene ring substituents is 1. The maximum atomic E-state index is 13.1. The van der Waals surface area contributed by atoms with E-state index in [2.05, 4.69) is 0 Å². The number of non-ortho nitro benzene ring substituents is 1. The molecule has 0 heterocycles. The average molecular weight is 286 g/mol. The summed E-state index contributed by atoms with van der Waals surface area (Å²) in [7, 11) is 1.80. The first-order valence-electron chi connectivity index (χ1n) is 6.64. The van der Waals surface area contributed by atoms with Crippen molar-refractivity contribution in [2.75, 3.05) is 20.1 Å². The second-order valence-electron chi connectivity index (χ2n) is 4.94. The monoisotopic (exact) mass is 286 g/mol. The zero-order chi connectivity index (χ0) is 15.2. The Balaban J connectivity index is 2.37. The maximum Gasteiger partial charge on any atom is 0.269 e. The Morgan fingerprint density at radius 2 is 1.85 bits per heavy atom. The fourth-order valence-corrected chi connectivity index (χ4v) is 1.75. The molecule has 0 radical (unpaired) electrons. The minimum atomic E-state index is -2.60. The Morgan fingerprint density at radius 3 is 2.35 bits per heavy atom. The molecule has 0 atom stereocenters. The highest BCUT2D eigenvalue weighted by Gasteiger charge is 2.25. The third-order valence-corrected chi connectivity index (χ3v) is 3.31. The fraction of sp³-hybridized carbons (Fsp3) is 0.571. The first kappa shape index (κ1) is 16.5. The van der Waals surface area contributed by atoms with Gasteiger partial charge in [0.2, 0.25) is 5.92 Å². The number of halogens is 2. The van der Waals surface area contributed by atoms with Gasteiger partial charge in [-0.1, -0.05) is 19.1 Å². The van der Waals surface area contributed by atoms with Gasteiger partial charge in [-0.2, -0.15) is 0 Å². The molecule has 0 aliphatic rings. The molecule has 4 nitrogen and oxygen atoms in total. The summed E-state index contributed by atoms with van der Waals surface area (Å²) in [4.78, 5) is 11.9. The molecule has 1 rings (SSSR count). The lowest BCUT2D eigenvalue weighted by atomic mass is 10.1. The highest BCUT2D eigenvalue weighted by atomic mass is 19.3. The average Bonchev–Trinajstić information content (AvgIpc) is 2.43. The Labute approximate surface area is 117 Å². The number of benzene rings is 1. The van der Waals surface area contributed by atoms with E-state index in [-0.39, 0.29) is 18.5 Å². The maximum absolute atomic E-state index is 13.1. The van der Waals surface area contributed by atoms with Crippen LogP contribution in [0.25, 0.3) is 0 Å². The van der Waals surface area contributed by atoms with Crippen LogP contribution in [0.3, 0.4) is 0 Å². The Kier molecular flexibility index (Phi) is 6.01. The van der Waals surface area contributed by atoms with Crippen LogP contribution in [0.15, 0.2) is 24.3 Å². The molecule has 0 amide bonds. The zero-order valence-corrected chi connectivity index (χ0v) is 11.8. The molecule has 0 N–H and O–H groups in total. The number of rotatable bonds is 8. The number of likely N-dealkylation sites (N-methyl/N-ethyl adjacent to an activating group) is 1. The van der Waals surface area contributed by atoms with Gasteiger partial charge < -0.3 is 4.90 Å². The van der Waals surface area contributed by atoms with E-state index in [4.69, 9.17) is 0 Å². The first-order valence-corrected chi connectivity index (χ1v) is 6.64. The summed E-state index contributed by atoms with van der Waals surface area (Å²) < 4.78 is 26.2. The zero-order valence-electron chi connectivity index (χ0n) is 11.8. The minimum Gasteiger partial charge on any atom is -0.306 e. The van der Waals surface area contributed by atoms with Crippen LogP contribution in [0.5, 0.6) is 0 Å². The molecule has 0 spiro atoms. The van der Waals surface area contributed by atoms with Gasteiger partial charge in [0, 0.05) is 38.1 Å². The predicted molar refractivity (Wildman–Crippen MR) is 74.2 cm³/mol. The second-order valence-corrected chi connectivity index (χ2v) is 4.94. The molecule has 0 aliphatic carbocycles. The summed E-state index contributed by atoms with van der Waals surface area (Å²) in [5.74, 6) is -2.60. The molecule has 112 valence electrons. The lowest BCUT2D eigenvalue weighted by molar-refractivity contribution is -0.384.